The molecular formula is C15H24O3. The summed E-state index contributed by atoms with van der Waals surface area (Å²) in [4.78, 5) is 12.7. The fourth-order valence-electron chi connectivity index (χ4n) is 5.21. The molecule has 0 aromatic heterocycles. The van der Waals surface area contributed by atoms with Crippen LogP contribution in [-0.2, 0) is 9.53 Å². The first-order chi connectivity index (χ1) is 8.27. The molecule has 3 nitrogen and oxygen atoms in total. The van der Waals surface area contributed by atoms with Crippen molar-refractivity contribution < 1.29 is 14.6 Å². The van der Waals surface area contributed by atoms with Crippen LogP contribution in [0.15, 0.2) is 0 Å². The van der Waals surface area contributed by atoms with E-state index < -0.39 is 5.60 Å². The molecule has 5 atom stereocenters. The number of epoxide rings is 1. The van der Waals surface area contributed by atoms with Gasteiger partial charge in [0, 0.05) is 18.4 Å². The van der Waals surface area contributed by atoms with E-state index in [-0.39, 0.29) is 41.2 Å². The van der Waals surface area contributed by atoms with Crippen LogP contribution < -0.4 is 0 Å². The lowest BCUT2D eigenvalue weighted by atomic mass is 9.46. The maximum absolute atomic E-state index is 12.7. The molecule has 0 aromatic rings. The summed E-state index contributed by atoms with van der Waals surface area (Å²) in [6, 6.07) is 0. The largest absolute Gasteiger partial charge is 0.396 e. The predicted molar refractivity (Wildman–Crippen MR) is 68.1 cm³/mol. The van der Waals surface area contributed by atoms with Crippen LogP contribution in [0.2, 0.25) is 0 Å². The highest BCUT2D eigenvalue weighted by molar-refractivity contribution is 5.92. The summed E-state index contributed by atoms with van der Waals surface area (Å²) in [5.74, 6) is 0.420. The van der Waals surface area contributed by atoms with Gasteiger partial charge in [-0.3, -0.25) is 4.79 Å². The van der Waals surface area contributed by atoms with E-state index in [4.69, 9.17) is 4.74 Å². The minimum absolute atomic E-state index is 0.0325. The molecule has 2 saturated carbocycles. The number of aliphatic hydroxyl groups is 1. The van der Waals surface area contributed by atoms with Gasteiger partial charge in [-0.1, -0.05) is 27.2 Å². The third-order valence-electron chi connectivity index (χ3n) is 6.03. The number of hydrogen-bond acceptors (Lipinski definition) is 3. The van der Waals surface area contributed by atoms with E-state index in [1.807, 2.05) is 6.92 Å². The lowest BCUT2D eigenvalue weighted by molar-refractivity contribution is -0.149. The number of hydrogen-bond donors (Lipinski definition) is 1. The van der Waals surface area contributed by atoms with Crippen molar-refractivity contribution in [3.63, 3.8) is 0 Å². The molecule has 18 heavy (non-hydrogen) atoms. The quantitative estimate of drug-likeness (QED) is 0.728. The molecule has 1 N–H and O–H groups in total. The number of ketones is 1. The summed E-state index contributed by atoms with van der Waals surface area (Å²) in [5.41, 5.74) is -0.468. The van der Waals surface area contributed by atoms with E-state index in [1.54, 1.807) is 0 Å². The van der Waals surface area contributed by atoms with Gasteiger partial charge in [0.15, 0.2) is 5.78 Å². The third-order valence-corrected chi connectivity index (χ3v) is 6.03. The lowest BCUT2D eigenvalue weighted by Crippen LogP contribution is -2.59. The van der Waals surface area contributed by atoms with Crippen LogP contribution in [-0.4, -0.2) is 29.2 Å². The zero-order valence-electron chi connectivity index (χ0n) is 11.8. The summed E-state index contributed by atoms with van der Waals surface area (Å²) in [6.45, 7) is 8.72. The normalized spacial score (nSPS) is 53.6. The van der Waals surface area contributed by atoms with Crippen LogP contribution in [0.25, 0.3) is 0 Å². The Kier molecular flexibility index (Phi) is 2.36. The van der Waals surface area contributed by atoms with Gasteiger partial charge >= 0.3 is 0 Å². The zero-order chi connectivity index (χ0) is 13.3. The van der Waals surface area contributed by atoms with Gasteiger partial charge in [-0.25, -0.2) is 0 Å². The van der Waals surface area contributed by atoms with Gasteiger partial charge in [-0.05, 0) is 30.6 Å². The molecule has 1 saturated heterocycles. The molecule has 0 bridgehead atoms. The van der Waals surface area contributed by atoms with Crippen molar-refractivity contribution in [1.82, 2.24) is 0 Å². The average Bonchev–Trinajstić information content (AvgIpc) is 2.89. The first-order valence-corrected chi connectivity index (χ1v) is 7.10. The molecule has 3 fully saturated rings. The first kappa shape index (κ1) is 12.6. The second-order valence-electron chi connectivity index (χ2n) is 7.60. The van der Waals surface area contributed by atoms with E-state index in [2.05, 4.69) is 20.8 Å². The maximum atomic E-state index is 12.7. The van der Waals surface area contributed by atoms with E-state index in [1.165, 1.54) is 0 Å². The molecule has 0 spiro atoms. The minimum Gasteiger partial charge on any atom is -0.396 e. The van der Waals surface area contributed by atoms with Crippen molar-refractivity contribution >= 4 is 5.78 Å². The Labute approximate surface area is 109 Å². The average molecular weight is 252 g/mol. The van der Waals surface area contributed by atoms with Gasteiger partial charge in [-0.2, -0.15) is 0 Å². The highest BCUT2D eigenvalue weighted by Crippen LogP contribution is 2.66. The van der Waals surface area contributed by atoms with Crippen molar-refractivity contribution in [2.75, 3.05) is 6.61 Å². The maximum Gasteiger partial charge on any atom is 0.168 e. The summed E-state index contributed by atoms with van der Waals surface area (Å²) in [5, 5.41) is 9.82. The highest BCUT2D eigenvalue weighted by Gasteiger charge is 2.74. The van der Waals surface area contributed by atoms with Crippen LogP contribution in [0, 0.1) is 22.7 Å². The summed E-state index contributed by atoms with van der Waals surface area (Å²) in [6.07, 6.45) is 3.01. The fourth-order valence-corrected chi connectivity index (χ4v) is 5.21. The molecule has 0 radical (unpaired) electrons. The van der Waals surface area contributed by atoms with Crippen LogP contribution in [0.1, 0.15) is 47.0 Å². The Balaban J connectivity index is 2.08. The van der Waals surface area contributed by atoms with Gasteiger partial charge in [-0.15, -0.1) is 0 Å². The molecule has 1 unspecified atom stereocenters. The van der Waals surface area contributed by atoms with Crippen molar-refractivity contribution in [2.45, 2.75) is 58.7 Å². The Bertz CT molecular complexity index is 403. The molecule has 3 aliphatic rings. The second kappa shape index (κ2) is 3.37. The number of Topliss-reactive ketones (excluding diaryl/α,β-unsaturated/α-hetero) is 1. The standard InChI is InChI=1S/C15H24O3/c1-13(2)6-5-7-14(3)9(8-16)15(4)12(18-15)10(17)11(13)14/h9,11-12,16H,5-8H2,1-4H3/t9-,11?,12+,14-,15-/m1/s1. The Morgan fingerprint density at radius 3 is 2.56 bits per heavy atom. The summed E-state index contributed by atoms with van der Waals surface area (Å²) in [7, 11) is 0. The van der Waals surface area contributed by atoms with Gasteiger partial charge in [0.2, 0.25) is 0 Å². The number of fused-ring (bicyclic) bond motifs is 2. The van der Waals surface area contributed by atoms with Crippen LogP contribution in [0.3, 0.4) is 0 Å². The molecule has 3 heteroatoms. The SMILES string of the molecule is CC1(C)CCC[C@@]2(C)C1C(=O)[C@@H]1O[C@]1(C)[C@@H]2CO. The monoisotopic (exact) mass is 252 g/mol. The second-order valence-corrected chi connectivity index (χ2v) is 7.60. The van der Waals surface area contributed by atoms with Crippen molar-refractivity contribution in [3.05, 3.63) is 0 Å². The highest BCUT2D eigenvalue weighted by atomic mass is 16.6. The molecule has 3 rings (SSSR count). The Morgan fingerprint density at radius 2 is 1.94 bits per heavy atom. The van der Waals surface area contributed by atoms with Crippen LogP contribution in [0.4, 0.5) is 0 Å². The van der Waals surface area contributed by atoms with Crippen molar-refractivity contribution in [2.24, 2.45) is 22.7 Å². The molecule has 102 valence electrons. The molecular weight excluding hydrogens is 228 g/mol. The van der Waals surface area contributed by atoms with Crippen LogP contribution in [0.5, 0.6) is 0 Å². The van der Waals surface area contributed by atoms with E-state index in [9.17, 15) is 9.90 Å². The Hall–Kier alpha value is -0.410. The van der Waals surface area contributed by atoms with Gasteiger partial charge in [0.05, 0.1) is 0 Å². The van der Waals surface area contributed by atoms with Gasteiger partial charge in [0.1, 0.15) is 11.7 Å². The van der Waals surface area contributed by atoms with Gasteiger partial charge < -0.3 is 9.84 Å². The number of aliphatic hydroxyl groups excluding tert-OH is 1. The predicted octanol–water partition coefficient (Wildman–Crippen LogP) is 2.17. The smallest absolute Gasteiger partial charge is 0.168 e. The molecule has 0 amide bonds. The fraction of sp³-hybridized carbons (Fsp3) is 0.933. The number of ether oxygens (including phenoxy) is 1. The van der Waals surface area contributed by atoms with E-state index in [0.717, 1.165) is 19.3 Å². The number of rotatable bonds is 1. The molecule has 1 aliphatic heterocycles. The third kappa shape index (κ3) is 1.30. The van der Waals surface area contributed by atoms with E-state index >= 15 is 0 Å². The topological polar surface area (TPSA) is 49.8 Å². The molecule has 2 aliphatic carbocycles. The number of carbonyl (C=O) groups is 1. The van der Waals surface area contributed by atoms with Gasteiger partial charge in [0.25, 0.3) is 0 Å². The minimum atomic E-state index is -0.398. The first-order valence-electron chi connectivity index (χ1n) is 7.10. The number of carbonyl (C=O) groups excluding carboxylic acids is 1. The van der Waals surface area contributed by atoms with E-state index in [0.29, 0.717) is 0 Å². The van der Waals surface area contributed by atoms with Crippen LogP contribution >= 0.6 is 0 Å². The summed E-state index contributed by atoms with van der Waals surface area (Å²) < 4.78 is 5.72. The van der Waals surface area contributed by atoms with Crippen molar-refractivity contribution in [3.8, 4) is 0 Å². The molecule has 1 heterocycles. The zero-order valence-corrected chi connectivity index (χ0v) is 11.8. The lowest BCUT2D eigenvalue weighted by Gasteiger charge is -2.56. The van der Waals surface area contributed by atoms with Crippen molar-refractivity contribution in [1.29, 1.82) is 0 Å². The summed E-state index contributed by atoms with van der Waals surface area (Å²) >= 11 is 0. The Morgan fingerprint density at radius 1 is 1.28 bits per heavy atom. The molecule has 0 aromatic carbocycles.